The number of nitrogens with two attached hydrogens (primary N) is 1. The monoisotopic (exact) mass is 405 g/mol. The lowest BCUT2D eigenvalue weighted by molar-refractivity contribution is -0.146. The molecule has 1 aliphatic rings. The van der Waals surface area contributed by atoms with Crippen molar-refractivity contribution in [3.8, 4) is 11.1 Å². The Kier molecular flexibility index (Phi) is 4.36. The number of cyclic esters (lactones) is 1. The fraction of sp³-hybridized carbons (Fsp3) is 0.222. The summed E-state index contributed by atoms with van der Waals surface area (Å²) in [6.45, 7) is 0. The number of imidazole rings is 1. The van der Waals surface area contributed by atoms with E-state index in [1.54, 1.807) is 22.7 Å². The van der Waals surface area contributed by atoms with Crippen molar-refractivity contribution in [1.29, 1.82) is 0 Å². The highest BCUT2D eigenvalue weighted by Gasteiger charge is 2.34. The number of carbonyl (C=O) groups excluding carboxylic acids is 2. The lowest BCUT2D eigenvalue weighted by atomic mass is 10.1. The zero-order valence-corrected chi connectivity index (χ0v) is 14.7. The molecule has 3 aromatic rings. The van der Waals surface area contributed by atoms with Crippen LogP contribution in [0.25, 0.3) is 16.8 Å². The number of nitrogens with one attached hydrogen (secondary N) is 1. The zero-order valence-electron chi connectivity index (χ0n) is 14.7. The van der Waals surface area contributed by atoms with Crippen LogP contribution in [0.5, 0.6) is 0 Å². The number of aromatic nitrogens is 3. The molecule has 0 aromatic carbocycles. The lowest BCUT2D eigenvalue weighted by Crippen LogP contribution is -2.27. The molecule has 1 atom stereocenters. The number of alkyl halides is 3. The number of pyridine rings is 2. The summed E-state index contributed by atoms with van der Waals surface area (Å²) in [6.07, 6.45) is -0.683. The minimum atomic E-state index is -4.62. The molecule has 1 amide bonds. The van der Waals surface area contributed by atoms with E-state index in [4.69, 9.17) is 10.5 Å². The molecule has 4 rings (SSSR count). The first-order valence-electron chi connectivity index (χ1n) is 8.53. The largest absolute Gasteiger partial charge is 0.452 e. The van der Waals surface area contributed by atoms with E-state index in [9.17, 15) is 22.8 Å². The molecule has 8 nitrogen and oxygen atoms in total. The Labute approximate surface area is 161 Å². The molecule has 3 N–H and O–H groups in total. The molecule has 3 aromatic heterocycles. The molecule has 150 valence electrons. The van der Waals surface area contributed by atoms with Gasteiger partial charge in [0.05, 0.1) is 11.8 Å². The molecule has 4 heterocycles. The van der Waals surface area contributed by atoms with E-state index >= 15 is 0 Å². The van der Waals surface area contributed by atoms with Crippen LogP contribution in [0.1, 0.15) is 18.4 Å². The van der Waals surface area contributed by atoms with Crippen molar-refractivity contribution in [3.05, 3.63) is 42.4 Å². The van der Waals surface area contributed by atoms with Crippen molar-refractivity contribution >= 4 is 29.2 Å². The van der Waals surface area contributed by atoms with E-state index in [0.717, 1.165) is 6.07 Å². The summed E-state index contributed by atoms with van der Waals surface area (Å²) in [4.78, 5) is 31.1. The molecule has 29 heavy (non-hydrogen) atoms. The van der Waals surface area contributed by atoms with Crippen LogP contribution in [-0.4, -0.2) is 32.3 Å². The van der Waals surface area contributed by atoms with E-state index < -0.39 is 35.5 Å². The summed E-state index contributed by atoms with van der Waals surface area (Å²) in [6, 6.07) is 4.10. The van der Waals surface area contributed by atoms with Gasteiger partial charge in [0.25, 0.3) is 5.91 Å². The second kappa shape index (κ2) is 6.76. The van der Waals surface area contributed by atoms with Gasteiger partial charge in [0.1, 0.15) is 11.5 Å². The number of halogens is 3. The number of amides is 1. The van der Waals surface area contributed by atoms with Gasteiger partial charge in [0, 0.05) is 36.4 Å². The van der Waals surface area contributed by atoms with Crippen molar-refractivity contribution in [3.63, 3.8) is 0 Å². The average molecular weight is 405 g/mol. The molecule has 1 saturated heterocycles. The second-order valence-electron chi connectivity index (χ2n) is 6.47. The molecule has 0 spiro atoms. The van der Waals surface area contributed by atoms with Crippen LogP contribution in [0.4, 0.5) is 24.8 Å². The highest BCUT2D eigenvalue weighted by atomic mass is 19.4. The summed E-state index contributed by atoms with van der Waals surface area (Å²) < 4.78 is 45.7. The van der Waals surface area contributed by atoms with Crippen molar-refractivity contribution in [1.82, 2.24) is 14.4 Å². The molecule has 0 aliphatic carbocycles. The maximum absolute atomic E-state index is 13.1. The summed E-state index contributed by atoms with van der Waals surface area (Å²) in [5, 5.41) is 2.56. The Bertz CT molecular complexity index is 1130. The van der Waals surface area contributed by atoms with E-state index in [-0.39, 0.29) is 17.8 Å². The Hall–Kier alpha value is -3.63. The highest BCUT2D eigenvalue weighted by molar-refractivity contribution is 5.96. The number of ether oxygens (including phenoxy) is 1. The standard InChI is InChI=1S/C18H14F3N5O3/c19-18(20,21)11-5-10(6-23-16(11)22)9-1-3-14-24-13(8-26(14)7-9)25-17(28)12-2-4-15(27)29-12/h1,3,5-8,12H,2,4H2,(H2,22,23)(H,25,28)/t12-/m0/s1. The lowest BCUT2D eigenvalue weighted by Gasteiger charge is -2.11. The van der Waals surface area contributed by atoms with E-state index in [0.29, 0.717) is 17.6 Å². The summed E-state index contributed by atoms with van der Waals surface area (Å²) >= 11 is 0. The van der Waals surface area contributed by atoms with Gasteiger partial charge in [-0.1, -0.05) is 0 Å². The van der Waals surface area contributed by atoms with Crippen molar-refractivity contribution in [2.24, 2.45) is 0 Å². The van der Waals surface area contributed by atoms with Gasteiger partial charge in [-0.2, -0.15) is 13.2 Å². The first-order chi connectivity index (χ1) is 13.7. The summed E-state index contributed by atoms with van der Waals surface area (Å²) in [7, 11) is 0. The molecule has 11 heteroatoms. The van der Waals surface area contributed by atoms with Gasteiger partial charge in [0.2, 0.25) is 0 Å². The second-order valence-corrected chi connectivity index (χ2v) is 6.47. The van der Waals surface area contributed by atoms with Crippen LogP contribution in [0.2, 0.25) is 0 Å². The van der Waals surface area contributed by atoms with Crippen LogP contribution < -0.4 is 11.1 Å². The molecule has 0 radical (unpaired) electrons. The number of esters is 1. The van der Waals surface area contributed by atoms with Gasteiger partial charge in [-0.05, 0) is 18.2 Å². The highest BCUT2D eigenvalue weighted by Crippen LogP contribution is 2.35. The third kappa shape index (κ3) is 3.71. The van der Waals surface area contributed by atoms with E-state index in [1.807, 2.05) is 0 Å². The molecule has 0 saturated carbocycles. The predicted molar refractivity (Wildman–Crippen MR) is 95.6 cm³/mol. The minimum absolute atomic E-state index is 0.183. The topological polar surface area (TPSA) is 112 Å². The van der Waals surface area contributed by atoms with Crippen LogP contribution >= 0.6 is 0 Å². The Morgan fingerprint density at radius 3 is 2.76 bits per heavy atom. The summed E-state index contributed by atoms with van der Waals surface area (Å²) in [5.74, 6) is -1.29. The summed E-state index contributed by atoms with van der Waals surface area (Å²) in [5.41, 5.74) is 5.47. The normalized spacial score (nSPS) is 16.8. The van der Waals surface area contributed by atoms with Crippen molar-refractivity contribution < 1.29 is 27.5 Å². The number of rotatable bonds is 3. The first kappa shape index (κ1) is 18.7. The van der Waals surface area contributed by atoms with Crippen molar-refractivity contribution in [2.45, 2.75) is 25.1 Å². The van der Waals surface area contributed by atoms with E-state index in [2.05, 4.69) is 15.3 Å². The minimum Gasteiger partial charge on any atom is -0.452 e. The van der Waals surface area contributed by atoms with Crippen molar-refractivity contribution in [2.75, 3.05) is 11.1 Å². The SMILES string of the molecule is Nc1ncc(-c2ccc3nc(NC(=O)[C@@H]4CCC(=O)O4)cn3c2)cc1C(F)(F)F. The van der Waals surface area contributed by atoms with E-state index in [1.165, 1.54) is 12.4 Å². The van der Waals surface area contributed by atoms with Crippen LogP contribution in [0, 0.1) is 0 Å². The number of carbonyl (C=O) groups is 2. The molecular formula is C18H14F3N5O3. The number of nitrogen functional groups attached to an aromatic ring is 1. The first-order valence-corrected chi connectivity index (χ1v) is 8.53. The van der Waals surface area contributed by atoms with Gasteiger partial charge >= 0.3 is 12.1 Å². The zero-order chi connectivity index (χ0) is 20.8. The smallest absolute Gasteiger partial charge is 0.419 e. The van der Waals surface area contributed by atoms with Crippen LogP contribution in [0.3, 0.4) is 0 Å². The molecule has 1 fully saturated rings. The number of fused-ring (bicyclic) bond motifs is 1. The third-order valence-electron chi connectivity index (χ3n) is 4.44. The van der Waals surface area contributed by atoms with Gasteiger partial charge < -0.3 is 20.2 Å². The predicted octanol–water partition coefficient (Wildman–Crippen LogP) is 2.64. The fourth-order valence-electron chi connectivity index (χ4n) is 3.00. The molecular weight excluding hydrogens is 391 g/mol. The molecule has 0 unspecified atom stereocenters. The number of hydrogen-bond donors (Lipinski definition) is 2. The maximum Gasteiger partial charge on any atom is 0.419 e. The van der Waals surface area contributed by atoms with Gasteiger partial charge in [-0.15, -0.1) is 0 Å². The Morgan fingerprint density at radius 1 is 1.28 bits per heavy atom. The third-order valence-corrected chi connectivity index (χ3v) is 4.44. The number of hydrogen-bond acceptors (Lipinski definition) is 6. The fourth-order valence-corrected chi connectivity index (χ4v) is 3.00. The van der Waals surface area contributed by atoms with Crippen LogP contribution in [0.15, 0.2) is 36.8 Å². The van der Waals surface area contributed by atoms with Gasteiger partial charge in [-0.25, -0.2) is 9.97 Å². The van der Waals surface area contributed by atoms with Gasteiger partial charge in [0.15, 0.2) is 11.9 Å². The Morgan fingerprint density at radius 2 is 2.07 bits per heavy atom. The molecule has 0 bridgehead atoms. The quantitative estimate of drug-likeness (QED) is 0.648. The van der Waals surface area contributed by atoms with Crippen LogP contribution in [-0.2, 0) is 20.5 Å². The Balaban J connectivity index is 1.61. The van der Waals surface area contributed by atoms with Gasteiger partial charge in [-0.3, -0.25) is 9.59 Å². The molecule has 1 aliphatic heterocycles. The number of anilines is 2. The number of nitrogens with zero attached hydrogens (tertiary/aromatic N) is 3. The average Bonchev–Trinajstić information content (AvgIpc) is 3.26. The maximum atomic E-state index is 13.1.